The summed E-state index contributed by atoms with van der Waals surface area (Å²) in [7, 11) is 0. The molecular formula is C13H17N7. The predicted octanol–water partition coefficient (Wildman–Crippen LogP) is 1.27. The summed E-state index contributed by atoms with van der Waals surface area (Å²) in [5.41, 5.74) is 6.47. The molecule has 0 radical (unpaired) electrons. The zero-order valence-corrected chi connectivity index (χ0v) is 11.2. The van der Waals surface area contributed by atoms with Gasteiger partial charge in [-0.25, -0.2) is 9.97 Å². The van der Waals surface area contributed by atoms with Gasteiger partial charge in [0.05, 0.1) is 12.1 Å². The SMILES string of the molecule is N#CCN(CC#N)c1ncnc(NC2CCCC2)c1N. The molecule has 1 heterocycles. The molecule has 1 fully saturated rings. The molecule has 0 aromatic carbocycles. The number of nitriles is 2. The third-order valence-electron chi connectivity index (χ3n) is 3.38. The van der Waals surface area contributed by atoms with Crippen molar-refractivity contribution < 1.29 is 0 Å². The molecule has 0 amide bonds. The molecule has 1 aliphatic carbocycles. The molecule has 1 aliphatic rings. The highest BCUT2D eigenvalue weighted by Crippen LogP contribution is 2.29. The average molecular weight is 271 g/mol. The van der Waals surface area contributed by atoms with E-state index in [9.17, 15) is 0 Å². The zero-order valence-electron chi connectivity index (χ0n) is 11.2. The highest BCUT2D eigenvalue weighted by molar-refractivity contribution is 5.75. The quantitative estimate of drug-likeness (QED) is 0.775. The first kappa shape index (κ1) is 13.9. The van der Waals surface area contributed by atoms with Gasteiger partial charge in [-0.2, -0.15) is 10.5 Å². The topological polar surface area (TPSA) is 115 Å². The smallest absolute Gasteiger partial charge is 0.159 e. The Bertz CT molecular complexity index is 521. The first-order valence-electron chi connectivity index (χ1n) is 6.62. The molecule has 0 saturated heterocycles. The van der Waals surface area contributed by atoms with Crippen LogP contribution < -0.4 is 16.0 Å². The fraction of sp³-hybridized carbons (Fsp3) is 0.538. The molecule has 1 saturated carbocycles. The molecule has 20 heavy (non-hydrogen) atoms. The van der Waals surface area contributed by atoms with E-state index < -0.39 is 0 Å². The van der Waals surface area contributed by atoms with Gasteiger partial charge in [0.15, 0.2) is 11.6 Å². The van der Waals surface area contributed by atoms with Crippen LogP contribution in [-0.2, 0) is 0 Å². The first-order valence-corrected chi connectivity index (χ1v) is 6.62. The number of nitrogens with one attached hydrogen (secondary N) is 1. The van der Waals surface area contributed by atoms with Crippen molar-refractivity contribution in [3.8, 4) is 12.1 Å². The fourth-order valence-corrected chi connectivity index (χ4v) is 2.39. The Morgan fingerprint density at radius 3 is 2.50 bits per heavy atom. The normalized spacial score (nSPS) is 14.5. The van der Waals surface area contributed by atoms with Gasteiger partial charge < -0.3 is 16.0 Å². The van der Waals surface area contributed by atoms with Crippen molar-refractivity contribution in [1.29, 1.82) is 10.5 Å². The highest BCUT2D eigenvalue weighted by Gasteiger charge is 2.19. The molecule has 0 spiro atoms. The lowest BCUT2D eigenvalue weighted by molar-refractivity contribution is 0.750. The Labute approximate surface area is 118 Å². The molecule has 3 N–H and O–H groups in total. The maximum atomic E-state index is 8.81. The lowest BCUT2D eigenvalue weighted by Crippen LogP contribution is -2.27. The van der Waals surface area contributed by atoms with Gasteiger partial charge in [0.1, 0.15) is 25.1 Å². The molecule has 2 rings (SSSR count). The van der Waals surface area contributed by atoms with Crippen LogP contribution in [0.25, 0.3) is 0 Å². The van der Waals surface area contributed by atoms with Crippen LogP contribution in [0.2, 0.25) is 0 Å². The second-order valence-electron chi connectivity index (χ2n) is 4.76. The maximum Gasteiger partial charge on any atom is 0.159 e. The first-order chi connectivity index (χ1) is 9.76. The highest BCUT2D eigenvalue weighted by atomic mass is 15.2. The number of rotatable bonds is 5. The molecule has 7 nitrogen and oxygen atoms in total. The van der Waals surface area contributed by atoms with Gasteiger partial charge in [0, 0.05) is 6.04 Å². The molecule has 104 valence electrons. The minimum absolute atomic E-state index is 0.0671. The standard InChI is InChI=1S/C13H17N7/c14-5-7-20(8-6-15)13-11(16)12(17-9-18-13)19-10-3-1-2-4-10/h9-10H,1-4,7-8,16H2,(H,17,18,19). The molecular weight excluding hydrogens is 254 g/mol. The number of nitrogens with zero attached hydrogens (tertiary/aromatic N) is 5. The van der Waals surface area contributed by atoms with Gasteiger partial charge in [0.25, 0.3) is 0 Å². The van der Waals surface area contributed by atoms with E-state index in [0.29, 0.717) is 23.4 Å². The number of nitrogen functional groups attached to an aromatic ring is 1. The lowest BCUT2D eigenvalue weighted by atomic mass is 10.2. The second kappa shape index (κ2) is 6.58. The van der Waals surface area contributed by atoms with Gasteiger partial charge in [-0.1, -0.05) is 12.8 Å². The zero-order chi connectivity index (χ0) is 14.4. The van der Waals surface area contributed by atoms with Crippen molar-refractivity contribution in [3.05, 3.63) is 6.33 Å². The van der Waals surface area contributed by atoms with Crippen molar-refractivity contribution in [2.45, 2.75) is 31.7 Å². The van der Waals surface area contributed by atoms with Crippen LogP contribution in [0, 0.1) is 22.7 Å². The van der Waals surface area contributed by atoms with E-state index in [2.05, 4.69) is 15.3 Å². The van der Waals surface area contributed by atoms with Crippen molar-refractivity contribution >= 4 is 17.3 Å². The summed E-state index contributed by atoms with van der Waals surface area (Å²) in [6.07, 6.45) is 6.05. The van der Waals surface area contributed by atoms with E-state index in [-0.39, 0.29) is 13.1 Å². The van der Waals surface area contributed by atoms with Crippen LogP contribution in [0.15, 0.2) is 6.33 Å². The Morgan fingerprint density at radius 1 is 1.25 bits per heavy atom. The number of nitrogens with two attached hydrogens (primary N) is 1. The van der Waals surface area contributed by atoms with E-state index in [1.165, 1.54) is 24.1 Å². The minimum Gasteiger partial charge on any atom is -0.393 e. The summed E-state index contributed by atoms with van der Waals surface area (Å²) in [6, 6.07) is 4.41. The monoisotopic (exact) mass is 271 g/mol. The van der Waals surface area contributed by atoms with Gasteiger partial charge in [0.2, 0.25) is 0 Å². The second-order valence-corrected chi connectivity index (χ2v) is 4.76. The molecule has 1 aromatic heterocycles. The van der Waals surface area contributed by atoms with Gasteiger partial charge >= 0.3 is 0 Å². The van der Waals surface area contributed by atoms with E-state index in [1.807, 2.05) is 12.1 Å². The predicted molar refractivity (Wildman–Crippen MR) is 75.8 cm³/mol. The number of aromatic nitrogens is 2. The number of anilines is 3. The summed E-state index contributed by atoms with van der Waals surface area (Å²) in [5, 5.41) is 20.9. The van der Waals surface area contributed by atoms with Crippen molar-refractivity contribution in [2.75, 3.05) is 29.0 Å². The van der Waals surface area contributed by atoms with Gasteiger partial charge in [-0.15, -0.1) is 0 Å². The molecule has 0 bridgehead atoms. The van der Waals surface area contributed by atoms with Crippen LogP contribution in [0.3, 0.4) is 0 Å². The van der Waals surface area contributed by atoms with Gasteiger partial charge in [-0.3, -0.25) is 0 Å². The molecule has 0 unspecified atom stereocenters. The number of hydrogen-bond donors (Lipinski definition) is 2. The fourth-order valence-electron chi connectivity index (χ4n) is 2.39. The molecule has 0 aliphatic heterocycles. The Hall–Kier alpha value is -2.54. The Balaban J connectivity index is 2.21. The summed E-state index contributed by atoms with van der Waals surface area (Å²) < 4.78 is 0. The van der Waals surface area contributed by atoms with Crippen LogP contribution in [0.4, 0.5) is 17.3 Å². The number of hydrogen-bond acceptors (Lipinski definition) is 7. The third kappa shape index (κ3) is 3.07. The maximum absolute atomic E-state index is 8.81. The minimum atomic E-state index is 0.0671. The third-order valence-corrected chi connectivity index (χ3v) is 3.38. The summed E-state index contributed by atoms with van der Waals surface area (Å²) in [6.45, 7) is 0.134. The van der Waals surface area contributed by atoms with Crippen LogP contribution in [0.1, 0.15) is 25.7 Å². The van der Waals surface area contributed by atoms with Crippen LogP contribution in [-0.4, -0.2) is 29.1 Å². The summed E-state index contributed by atoms with van der Waals surface area (Å²) >= 11 is 0. The van der Waals surface area contributed by atoms with Crippen LogP contribution in [0.5, 0.6) is 0 Å². The Kier molecular flexibility index (Phi) is 4.56. The van der Waals surface area contributed by atoms with Crippen molar-refractivity contribution in [1.82, 2.24) is 9.97 Å². The molecule has 7 heteroatoms. The van der Waals surface area contributed by atoms with E-state index in [1.54, 1.807) is 0 Å². The summed E-state index contributed by atoms with van der Waals surface area (Å²) in [5.74, 6) is 1.02. The Morgan fingerprint density at radius 2 is 1.90 bits per heavy atom. The average Bonchev–Trinajstić information content (AvgIpc) is 2.94. The van der Waals surface area contributed by atoms with E-state index in [4.69, 9.17) is 16.3 Å². The summed E-state index contributed by atoms with van der Waals surface area (Å²) in [4.78, 5) is 9.80. The van der Waals surface area contributed by atoms with E-state index >= 15 is 0 Å². The van der Waals surface area contributed by atoms with Crippen molar-refractivity contribution in [2.24, 2.45) is 0 Å². The van der Waals surface area contributed by atoms with Crippen molar-refractivity contribution in [3.63, 3.8) is 0 Å². The molecule has 1 aromatic rings. The van der Waals surface area contributed by atoms with Crippen LogP contribution >= 0.6 is 0 Å². The lowest BCUT2D eigenvalue weighted by Gasteiger charge is -2.21. The largest absolute Gasteiger partial charge is 0.393 e. The molecule has 0 atom stereocenters. The van der Waals surface area contributed by atoms with Gasteiger partial charge in [-0.05, 0) is 12.8 Å². The van der Waals surface area contributed by atoms with E-state index in [0.717, 1.165) is 12.8 Å².